The minimum atomic E-state index is -3.05. The third kappa shape index (κ3) is 3.65. The molecule has 0 unspecified atom stereocenters. The number of hydrogen-bond donors (Lipinski definition) is 0. The van der Waals surface area contributed by atoms with Gasteiger partial charge in [-0.3, -0.25) is 4.79 Å². The third-order valence-corrected chi connectivity index (χ3v) is 7.46. The van der Waals surface area contributed by atoms with Crippen LogP contribution in [0, 0.1) is 0 Å². The van der Waals surface area contributed by atoms with Crippen molar-refractivity contribution in [3.05, 3.63) is 39.7 Å². The van der Waals surface area contributed by atoms with Gasteiger partial charge in [0.25, 0.3) is 5.91 Å². The van der Waals surface area contributed by atoms with E-state index >= 15 is 0 Å². The summed E-state index contributed by atoms with van der Waals surface area (Å²) in [6, 6.07) is 4.97. The lowest BCUT2D eigenvalue weighted by Gasteiger charge is -2.23. The fourth-order valence-corrected chi connectivity index (χ4v) is 5.82. The standard InChI is InChI=1S/C20H23NO6S/c1-21(13-8-9-28(24,25)12-13)19(22)11-26-14-6-7-16-15-4-2-3-5-17(15)20(23)27-18(16)10-14/h6-7,10,13H,2-5,8-9,11-12H2,1H3/t13-/m0/s1. The van der Waals surface area contributed by atoms with Gasteiger partial charge in [-0.15, -0.1) is 0 Å². The number of sulfone groups is 1. The molecule has 8 heteroatoms. The van der Waals surface area contributed by atoms with E-state index in [1.54, 1.807) is 19.2 Å². The van der Waals surface area contributed by atoms with Gasteiger partial charge in [0.15, 0.2) is 16.4 Å². The van der Waals surface area contributed by atoms with Crippen molar-refractivity contribution in [1.29, 1.82) is 0 Å². The van der Waals surface area contributed by atoms with Gasteiger partial charge in [-0.1, -0.05) is 0 Å². The van der Waals surface area contributed by atoms with Gasteiger partial charge in [0.05, 0.1) is 11.5 Å². The maximum Gasteiger partial charge on any atom is 0.339 e. The number of aryl methyl sites for hydroxylation is 1. The summed E-state index contributed by atoms with van der Waals surface area (Å²) in [6.07, 6.45) is 4.13. The van der Waals surface area contributed by atoms with E-state index in [2.05, 4.69) is 0 Å². The van der Waals surface area contributed by atoms with Gasteiger partial charge < -0.3 is 14.1 Å². The average molecular weight is 405 g/mol. The Morgan fingerprint density at radius 3 is 2.71 bits per heavy atom. The Labute approximate surface area is 163 Å². The van der Waals surface area contributed by atoms with Crippen LogP contribution in [-0.2, 0) is 27.5 Å². The molecule has 2 aliphatic rings. The monoisotopic (exact) mass is 405 g/mol. The van der Waals surface area contributed by atoms with Crippen molar-refractivity contribution in [2.45, 2.75) is 38.1 Å². The molecule has 1 aromatic heterocycles. The molecule has 1 saturated heterocycles. The maximum atomic E-state index is 12.4. The van der Waals surface area contributed by atoms with Crippen molar-refractivity contribution in [2.75, 3.05) is 25.2 Å². The first-order valence-corrected chi connectivity index (χ1v) is 11.3. The summed E-state index contributed by atoms with van der Waals surface area (Å²) in [4.78, 5) is 26.0. The van der Waals surface area contributed by atoms with E-state index < -0.39 is 9.84 Å². The normalized spacial score (nSPS) is 20.7. The minimum absolute atomic E-state index is 0.00147. The van der Waals surface area contributed by atoms with E-state index in [9.17, 15) is 18.0 Å². The highest BCUT2D eigenvalue weighted by Crippen LogP contribution is 2.29. The Hall–Kier alpha value is -2.35. The second-order valence-electron chi connectivity index (χ2n) is 7.56. The Bertz CT molecular complexity index is 1090. The zero-order valence-corrected chi connectivity index (χ0v) is 16.6. The Balaban J connectivity index is 1.48. The first-order valence-electron chi connectivity index (χ1n) is 9.51. The molecule has 0 spiro atoms. The summed E-state index contributed by atoms with van der Waals surface area (Å²) >= 11 is 0. The number of amides is 1. The molecule has 1 aliphatic carbocycles. The van der Waals surface area contributed by atoms with Crippen molar-refractivity contribution < 1.29 is 22.4 Å². The maximum absolute atomic E-state index is 12.4. The molecule has 150 valence electrons. The molecular weight excluding hydrogens is 382 g/mol. The first kappa shape index (κ1) is 19.0. The van der Waals surface area contributed by atoms with Gasteiger partial charge in [-0.2, -0.15) is 0 Å². The number of rotatable bonds is 4. The van der Waals surface area contributed by atoms with E-state index in [-0.39, 0.29) is 35.7 Å². The quantitative estimate of drug-likeness (QED) is 0.719. The first-order chi connectivity index (χ1) is 13.3. The Kier molecular flexibility index (Phi) is 4.91. The van der Waals surface area contributed by atoms with Crippen LogP contribution in [0.25, 0.3) is 11.0 Å². The van der Waals surface area contributed by atoms with E-state index in [1.165, 1.54) is 4.90 Å². The lowest BCUT2D eigenvalue weighted by Crippen LogP contribution is -2.40. The highest BCUT2D eigenvalue weighted by Gasteiger charge is 2.32. The lowest BCUT2D eigenvalue weighted by atomic mass is 9.91. The predicted octanol–water partition coefficient (Wildman–Crippen LogP) is 1.70. The molecule has 0 N–H and O–H groups in total. The summed E-state index contributed by atoms with van der Waals surface area (Å²) in [5, 5.41) is 0.918. The predicted molar refractivity (Wildman–Crippen MR) is 104 cm³/mol. The van der Waals surface area contributed by atoms with Crippen LogP contribution >= 0.6 is 0 Å². The number of carbonyl (C=O) groups is 1. The van der Waals surface area contributed by atoms with Gasteiger partial charge in [0.1, 0.15) is 11.3 Å². The topological polar surface area (TPSA) is 93.9 Å². The van der Waals surface area contributed by atoms with Crippen LogP contribution in [0.5, 0.6) is 5.75 Å². The number of benzene rings is 1. The van der Waals surface area contributed by atoms with Gasteiger partial charge in [-0.05, 0) is 49.8 Å². The van der Waals surface area contributed by atoms with Gasteiger partial charge in [-0.25, -0.2) is 13.2 Å². The van der Waals surface area contributed by atoms with Crippen LogP contribution < -0.4 is 10.4 Å². The minimum Gasteiger partial charge on any atom is -0.484 e. The van der Waals surface area contributed by atoms with Crippen LogP contribution in [0.2, 0.25) is 0 Å². The van der Waals surface area contributed by atoms with E-state index in [0.29, 0.717) is 17.8 Å². The summed E-state index contributed by atoms with van der Waals surface area (Å²) in [6.45, 7) is -0.201. The molecule has 1 amide bonds. The molecule has 4 rings (SSSR count). The number of ether oxygens (including phenoxy) is 1. The Morgan fingerprint density at radius 1 is 1.25 bits per heavy atom. The molecule has 1 aliphatic heterocycles. The van der Waals surface area contributed by atoms with E-state index in [4.69, 9.17) is 9.15 Å². The molecule has 1 aromatic carbocycles. The van der Waals surface area contributed by atoms with Crippen molar-refractivity contribution in [2.24, 2.45) is 0 Å². The molecule has 0 saturated carbocycles. The zero-order chi connectivity index (χ0) is 19.9. The van der Waals surface area contributed by atoms with Crippen molar-refractivity contribution >= 4 is 26.7 Å². The molecule has 28 heavy (non-hydrogen) atoms. The highest BCUT2D eigenvalue weighted by molar-refractivity contribution is 7.91. The van der Waals surface area contributed by atoms with Crippen LogP contribution in [0.1, 0.15) is 30.4 Å². The second-order valence-corrected chi connectivity index (χ2v) is 9.79. The summed E-state index contributed by atoms with van der Waals surface area (Å²) < 4.78 is 34.2. The molecule has 7 nitrogen and oxygen atoms in total. The fraction of sp³-hybridized carbons (Fsp3) is 0.500. The smallest absolute Gasteiger partial charge is 0.339 e. The average Bonchev–Trinajstić information content (AvgIpc) is 3.05. The summed E-state index contributed by atoms with van der Waals surface area (Å²) in [5.41, 5.74) is 2.00. The third-order valence-electron chi connectivity index (χ3n) is 5.71. The van der Waals surface area contributed by atoms with Gasteiger partial charge in [0, 0.05) is 30.1 Å². The van der Waals surface area contributed by atoms with Crippen LogP contribution in [0.4, 0.5) is 0 Å². The largest absolute Gasteiger partial charge is 0.484 e. The molecule has 0 radical (unpaired) electrons. The van der Waals surface area contributed by atoms with Crippen molar-refractivity contribution in [1.82, 2.24) is 4.90 Å². The van der Waals surface area contributed by atoms with Crippen LogP contribution in [0.15, 0.2) is 27.4 Å². The lowest BCUT2D eigenvalue weighted by molar-refractivity contribution is -0.133. The van der Waals surface area contributed by atoms with Crippen molar-refractivity contribution in [3.8, 4) is 5.75 Å². The molecule has 1 atom stereocenters. The summed E-state index contributed by atoms with van der Waals surface area (Å²) in [5.74, 6) is 0.271. The molecule has 0 bridgehead atoms. The number of fused-ring (bicyclic) bond motifs is 3. The SMILES string of the molecule is CN(C(=O)COc1ccc2c3c(c(=O)oc2c1)CCCC3)[C@H]1CCS(=O)(=O)C1. The molecule has 2 aromatic rings. The molecule has 2 heterocycles. The molecule has 1 fully saturated rings. The Morgan fingerprint density at radius 2 is 2.00 bits per heavy atom. The number of hydrogen-bond acceptors (Lipinski definition) is 6. The van der Waals surface area contributed by atoms with E-state index in [0.717, 1.165) is 42.2 Å². The zero-order valence-electron chi connectivity index (χ0n) is 15.8. The fourth-order valence-electron chi connectivity index (χ4n) is 4.05. The van der Waals surface area contributed by atoms with Crippen LogP contribution in [0.3, 0.4) is 0 Å². The second kappa shape index (κ2) is 7.24. The van der Waals surface area contributed by atoms with E-state index in [1.807, 2.05) is 6.07 Å². The van der Waals surface area contributed by atoms with Crippen LogP contribution in [-0.4, -0.2) is 50.4 Å². The number of nitrogens with zero attached hydrogens (tertiary/aromatic N) is 1. The summed E-state index contributed by atoms with van der Waals surface area (Å²) in [7, 11) is -1.45. The van der Waals surface area contributed by atoms with Crippen molar-refractivity contribution in [3.63, 3.8) is 0 Å². The number of likely N-dealkylation sites (N-methyl/N-ethyl adjacent to an activating group) is 1. The molecular formula is C20H23NO6S. The highest BCUT2D eigenvalue weighted by atomic mass is 32.2. The van der Waals surface area contributed by atoms with Gasteiger partial charge in [0.2, 0.25) is 0 Å². The number of carbonyl (C=O) groups excluding carboxylic acids is 1. The van der Waals surface area contributed by atoms with Gasteiger partial charge >= 0.3 is 5.63 Å².